The number of rotatable bonds is 7. The van der Waals surface area contributed by atoms with E-state index < -0.39 is 0 Å². The van der Waals surface area contributed by atoms with Crippen LogP contribution in [0.4, 0.5) is 5.82 Å². The Kier molecular flexibility index (Phi) is 6.09. The monoisotopic (exact) mass is 248 g/mol. The van der Waals surface area contributed by atoms with Gasteiger partial charge in [-0.15, -0.1) is 0 Å². The first-order valence-electron chi connectivity index (χ1n) is 6.16. The van der Waals surface area contributed by atoms with E-state index in [1.165, 1.54) is 0 Å². The third-order valence-electron chi connectivity index (χ3n) is 2.62. The first kappa shape index (κ1) is 14.4. The van der Waals surface area contributed by atoms with Gasteiger partial charge in [-0.1, -0.05) is 6.92 Å². The first-order valence-corrected chi connectivity index (χ1v) is 6.16. The van der Waals surface area contributed by atoms with Crippen molar-refractivity contribution in [2.45, 2.75) is 26.7 Å². The fourth-order valence-electron chi connectivity index (χ4n) is 1.68. The molecule has 1 aromatic rings. The smallest absolute Gasteiger partial charge is 0.132 e. The van der Waals surface area contributed by atoms with Gasteiger partial charge in [-0.25, -0.2) is 9.97 Å². The van der Waals surface area contributed by atoms with Crippen molar-refractivity contribution in [1.29, 1.82) is 5.26 Å². The molecule has 0 aromatic carbocycles. The molecule has 0 saturated heterocycles. The number of hydrogen-bond acceptors (Lipinski definition) is 5. The van der Waals surface area contributed by atoms with Crippen LogP contribution in [0.3, 0.4) is 0 Å². The zero-order valence-electron chi connectivity index (χ0n) is 11.3. The molecule has 1 aromatic heterocycles. The van der Waals surface area contributed by atoms with Gasteiger partial charge in [0.2, 0.25) is 0 Å². The van der Waals surface area contributed by atoms with Crippen molar-refractivity contribution >= 4 is 5.82 Å². The highest BCUT2D eigenvalue weighted by Gasteiger charge is 2.09. The molecule has 0 aliphatic carbocycles. The van der Waals surface area contributed by atoms with Crippen LogP contribution in [-0.4, -0.2) is 36.8 Å². The summed E-state index contributed by atoms with van der Waals surface area (Å²) in [7, 11) is 1.67. The van der Waals surface area contributed by atoms with Crippen LogP contribution in [0, 0.1) is 18.3 Å². The minimum atomic E-state index is 0.480. The Morgan fingerprint density at radius 2 is 2.17 bits per heavy atom. The van der Waals surface area contributed by atoms with Gasteiger partial charge < -0.3 is 9.64 Å². The normalized spacial score (nSPS) is 10.1. The molecule has 5 nitrogen and oxygen atoms in total. The van der Waals surface area contributed by atoms with E-state index in [9.17, 15) is 0 Å². The van der Waals surface area contributed by atoms with Gasteiger partial charge in [0.15, 0.2) is 0 Å². The molecule has 0 bridgehead atoms. The third-order valence-corrected chi connectivity index (χ3v) is 2.62. The highest BCUT2D eigenvalue weighted by Crippen LogP contribution is 2.13. The molecule has 0 N–H and O–H groups in total. The third kappa shape index (κ3) is 4.30. The van der Waals surface area contributed by atoms with Crippen molar-refractivity contribution in [3.8, 4) is 6.07 Å². The van der Waals surface area contributed by atoms with E-state index in [-0.39, 0.29) is 0 Å². The van der Waals surface area contributed by atoms with Gasteiger partial charge in [0.1, 0.15) is 11.6 Å². The highest BCUT2D eigenvalue weighted by molar-refractivity contribution is 5.40. The van der Waals surface area contributed by atoms with Crippen LogP contribution in [0.25, 0.3) is 0 Å². The predicted molar refractivity (Wildman–Crippen MR) is 70.5 cm³/mol. The minimum Gasteiger partial charge on any atom is -0.383 e. The molecule has 0 amide bonds. The van der Waals surface area contributed by atoms with Crippen molar-refractivity contribution in [2.75, 3.05) is 31.7 Å². The lowest BCUT2D eigenvalue weighted by Gasteiger charge is -2.22. The number of nitrogens with zero attached hydrogens (tertiary/aromatic N) is 4. The van der Waals surface area contributed by atoms with Gasteiger partial charge in [0.25, 0.3) is 0 Å². The van der Waals surface area contributed by atoms with Crippen molar-refractivity contribution < 1.29 is 4.74 Å². The average Bonchev–Trinajstić information content (AvgIpc) is 2.38. The molecule has 0 aliphatic rings. The maximum Gasteiger partial charge on any atom is 0.132 e. The average molecular weight is 248 g/mol. The lowest BCUT2D eigenvalue weighted by atomic mass is 10.3. The van der Waals surface area contributed by atoms with Crippen LogP contribution >= 0.6 is 0 Å². The Morgan fingerprint density at radius 3 is 2.78 bits per heavy atom. The number of hydrogen-bond donors (Lipinski definition) is 0. The number of anilines is 1. The minimum absolute atomic E-state index is 0.480. The Balaban J connectivity index is 2.88. The molecule has 5 heteroatoms. The maximum absolute atomic E-state index is 8.70. The number of aryl methyl sites for hydroxylation is 2. The highest BCUT2D eigenvalue weighted by atomic mass is 16.5. The van der Waals surface area contributed by atoms with E-state index in [2.05, 4.69) is 27.9 Å². The van der Waals surface area contributed by atoms with Crippen LogP contribution in [0.5, 0.6) is 0 Å². The second-order valence-electron chi connectivity index (χ2n) is 4.01. The summed E-state index contributed by atoms with van der Waals surface area (Å²) in [4.78, 5) is 10.9. The molecule has 1 heterocycles. The predicted octanol–water partition coefficient (Wildman–Crippen LogP) is 1.71. The summed E-state index contributed by atoms with van der Waals surface area (Å²) in [5.41, 5.74) is 1.02. The molecule has 0 atom stereocenters. The van der Waals surface area contributed by atoms with E-state index in [0.29, 0.717) is 19.6 Å². The quantitative estimate of drug-likeness (QED) is 0.735. The standard InChI is InChI=1S/C13H20N4O/c1-4-12-10-13(16-11(2)15-12)17(7-5-6-14)8-9-18-3/h10H,4-5,7-9H2,1-3H3. The summed E-state index contributed by atoms with van der Waals surface area (Å²) in [6, 6.07) is 4.15. The van der Waals surface area contributed by atoms with Crippen LogP contribution in [0.2, 0.25) is 0 Å². The largest absolute Gasteiger partial charge is 0.383 e. The van der Waals surface area contributed by atoms with Gasteiger partial charge in [-0.3, -0.25) is 0 Å². The molecular formula is C13H20N4O. The molecule has 0 radical (unpaired) electrons. The van der Waals surface area contributed by atoms with E-state index >= 15 is 0 Å². The molecule has 0 unspecified atom stereocenters. The van der Waals surface area contributed by atoms with E-state index in [4.69, 9.17) is 10.00 Å². The van der Waals surface area contributed by atoms with Crippen molar-refractivity contribution in [2.24, 2.45) is 0 Å². The Morgan fingerprint density at radius 1 is 1.39 bits per heavy atom. The van der Waals surface area contributed by atoms with Crippen LogP contribution in [-0.2, 0) is 11.2 Å². The summed E-state index contributed by atoms with van der Waals surface area (Å²) < 4.78 is 5.09. The molecule has 0 fully saturated rings. The van der Waals surface area contributed by atoms with E-state index in [1.54, 1.807) is 7.11 Å². The second-order valence-corrected chi connectivity index (χ2v) is 4.01. The molecule has 98 valence electrons. The lowest BCUT2D eigenvalue weighted by molar-refractivity contribution is 0.205. The number of ether oxygens (including phenoxy) is 1. The number of methoxy groups -OCH3 is 1. The summed E-state index contributed by atoms with van der Waals surface area (Å²) in [5, 5.41) is 8.70. The molecular weight excluding hydrogens is 228 g/mol. The zero-order chi connectivity index (χ0) is 13.4. The van der Waals surface area contributed by atoms with Gasteiger partial charge in [0, 0.05) is 32.0 Å². The number of nitriles is 1. The van der Waals surface area contributed by atoms with Crippen LogP contribution in [0.15, 0.2) is 6.07 Å². The fourth-order valence-corrected chi connectivity index (χ4v) is 1.68. The van der Waals surface area contributed by atoms with Crippen molar-refractivity contribution in [1.82, 2.24) is 9.97 Å². The van der Waals surface area contributed by atoms with Gasteiger partial charge in [-0.05, 0) is 13.3 Å². The molecule has 0 saturated carbocycles. The Bertz CT molecular complexity index is 414. The van der Waals surface area contributed by atoms with Crippen molar-refractivity contribution in [3.63, 3.8) is 0 Å². The molecule has 0 spiro atoms. The second kappa shape index (κ2) is 7.62. The summed E-state index contributed by atoms with van der Waals surface area (Å²) in [6.07, 6.45) is 1.36. The summed E-state index contributed by atoms with van der Waals surface area (Å²) in [5.74, 6) is 1.65. The van der Waals surface area contributed by atoms with Gasteiger partial charge in [-0.2, -0.15) is 5.26 Å². The zero-order valence-corrected chi connectivity index (χ0v) is 11.3. The molecule has 1 rings (SSSR count). The van der Waals surface area contributed by atoms with Gasteiger partial charge >= 0.3 is 0 Å². The van der Waals surface area contributed by atoms with E-state index in [1.807, 2.05) is 13.0 Å². The van der Waals surface area contributed by atoms with E-state index in [0.717, 1.165) is 30.3 Å². The van der Waals surface area contributed by atoms with Crippen molar-refractivity contribution in [3.05, 3.63) is 17.6 Å². The Labute approximate surface area is 108 Å². The SMILES string of the molecule is CCc1cc(N(CCC#N)CCOC)nc(C)n1. The molecule has 0 aliphatic heterocycles. The lowest BCUT2D eigenvalue weighted by Crippen LogP contribution is -2.29. The summed E-state index contributed by atoms with van der Waals surface area (Å²) in [6.45, 7) is 5.98. The molecule has 18 heavy (non-hydrogen) atoms. The topological polar surface area (TPSA) is 62.0 Å². The Hall–Kier alpha value is -1.67. The fraction of sp³-hybridized carbons (Fsp3) is 0.615. The summed E-state index contributed by atoms with van der Waals surface area (Å²) >= 11 is 0. The van der Waals surface area contributed by atoms with Crippen LogP contribution < -0.4 is 4.90 Å². The number of aromatic nitrogens is 2. The van der Waals surface area contributed by atoms with Gasteiger partial charge in [0.05, 0.1) is 19.1 Å². The van der Waals surface area contributed by atoms with Crippen LogP contribution in [0.1, 0.15) is 24.9 Å². The first-order chi connectivity index (χ1) is 8.71. The maximum atomic E-state index is 8.70.